The van der Waals surface area contributed by atoms with Gasteiger partial charge in [0.1, 0.15) is 0 Å². The van der Waals surface area contributed by atoms with Crippen LogP contribution in [0.5, 0.6) is 0 Å². The van der Waals surface area contributed by atoms with Crippen LogP contribution in [0.2, 0.25) is 0 Å². The molecule has 0 spiro atoms. The van der Waals surface area contributed by atoms with Crippen LogP contribution in [0.4, 0.5) is 0 Å². The second-order valence-corrected chi connectivity index (χ2v) is 3.42. The third-order valence-corrected chi connectivity index (χ3v) is 1.64. The maximum Gasteiger partial charge on any atom is 0.233 e. The van der Waals surface area contributed by atoms with Gasteiger partial charge in [0, 0.05) is 18.6 Å². The maximum atomic E-state index is 10.6. The third-order valence-electron chi connectivity index (χ3n) is 1.64. The molecule has 100 valence electrons. The van der Waals surface area contributed by atoms with E-state index in [0.29, 0.717) is 25.7 Å². The Hall–Kier alpha value is -1.67. The molecule has 0 aromatic carbocycles. The first-order chi connectivity index (χ1) is 7.97. The molecule has 17 heavy (non-hydrogen) atoms. The molecule has 8 heteroatoms. The number of hydrogen-bond acceptors (Lipinski definition) is 6. The zero-order valence-corrected chi connectivity index (χ0v) is 10.3. The third kappa shape index (κ3) is 17.0. The number of carbonyl (C=O) groups is 2. The highest BCUT2D eigenvalue weighted by Gasteiger charge is 2.00. The average molecular weight is 246 g/mol. The van der Waals surface area contributed by atoms with Crippen LogP contribution in [-0.4, -0.2) is 17.5 Å². The Morgan fingerprint density at radius 1 is 1.00 bits per heavy atom. The molecule has 0 aromatic heterocycles. The zero-order valence-electron chi connectivity index (χ0n) is 10.3. The molecule has 0 unspecified atom stereocenters. The van der Waals surface area contributed by atoms with Crippen molar-refractivity contribution >= 4 is 17.5 Å². The summed E-state index contributed by atoms with van der Waals surface area (Å²) >= 11 is 0. The molecule has 0 fully saturated rings. The van der Waals surface area contributed by atoms with Gasteiger partial charge in [0.05, 0.1) is 0 Å². The average Bonchev–Trinajstić information content (AvgIpc) is 2.34. The first-order valence-electron chi connectivity index (χ1n) is 5.17. The molecule has 8 N–H and O–H groups in total. The number of nitrogens with one attached hydrogen (secondary N) is 2. The quantitative estimate of drug-likeness (QED) is 0.137. The first kappa shape index (κ1) is 17.7. The Balaban J connectivity index is 0. The van der Waals surface area contributed by atoms with Crippen molar-refractivity contribution in [2.45, 2.75) is 39.5 Å². The van der Waals surface area contributed by atoms with Gasteiger partial charge in [0.2, 0.25) is 11.8 Å². The van der Waals surface area contributed by atoms with Crippen LogP contribution in [-0.2, 0) is 9.59 Å². The summed E-state index contributed by atoms with van der Waals surface area (Å²) in [5.41, 5.74) is 4.91. The zero-order chi connectivity index (χ0) is 13.7. The molecule has 0 aliphatic rings. The Bertz CT molecular complexity index is 232. The van der Waals surface area contributed by atoms with Crippen molar-refractivity contribution in [1.29, 1.82) is 0 Å². The minimum atomic E-state index is -0.219. The summed E-state index contributed by atoms with van der Waals surface area (Å²) in [5, 5.41) is 3.31. The molecule has 0 heterocycles. The molecule has 8 nitrogen and oxygen atoms in total. The number of unbranched alkanes of at least 4 members (excludes halogenated alkanes) is 1. The van der Waals surface area contributed by atoms with Gasteiger partial charge >= 0.3 is 0 Å². The minimum Gasteiger partial charge on any atom is -0.323 e. The van der Waals surface area contributed by atoms with Gasteiger partial charge in [0.15, 0.2) is 0 Å². The van der Waals surface area contributed by atoms with Crippen molar-refractivity contribution in [3.8, 4) is 0 Å². The summed E-state index contributed by atoms with van der Waals surface area (Å²) in [6, 6.07) is 0. The van der Waals surface area contributed by atoms with E-state index in [4.69, 9.17) is 17.5 Å². The summed E-state index contributed by atoms with van der Waals surface area (Å²) in [5.74, 6) is 14.0. The van der Waals surface area contributed by atoms with Crippen molar-refractivity contribution in [2.24, 2.45) is 22.6 Å². The Kier molecular flexibility index (Phi) is 12.9. The topological polar surface area (TPSA) is 149 Å². The predicted molar refractivity (Wildman–Crippen MR) is 66.1 cm³/mol. The maximum absolute atomic E-state index is 10.6. The lowest BCUT2D eigenvalue weighted by Gasteiger charge is -1.99. The van der Waals surface area contributed by atoms with E-state index in [1.165, 1.54) is 0 Å². The summed E-state index contributed by atoms with van der Waals surface area (Å²) in [6.45, 7) is 3.69. The number of amides is 2. The number of hydrazone groups is 1. The van der Waals surface area contributed by atoms with Crippen molar-refractivity contribution in [2.75, 3.05) is 0 Å². The van der Waals surface area contributed by atoms with E-state index >= 15 is 0 Å². The van der Waals surface area contributed by atoms with Crippen LogP contribution >= 0.6 is 0 Å². The highest BCUT2D eigenvalue weighted by Crippen LogP contribution is 1.98. The fourth-order valence-electron chi connectivity index (χ4n) is 0.715. The second kappa shape index (κ2) is 12.4. The molecular formula is C9H22N6O2. The smallest absolute Gasteiger partial charge is 0.233 e. The molecule has 0 saturated heterocycles. The van der Waals surface area contributed by atoms with Gasteiger partial charge < -0.3 is 5.84 Å². The predicted octanol–water partition coefficient (Wildman–Crippen LogP) is -1.13. The van der Waals surface area contributed by atoms with Crippen LogP contribution < -0.4 is 28.4 Å². The molecule has 2 amide bonds. The molecular weight excluding hydrogens is 224 g/mol. The summed E-state index contributed by atoms with van der Waals surface area (Å²) in [4.78, 5) is 21.1. The normalized spacial score (nSPS) is 8.47. The van der Waals surface area contributed by atoms with Crippen molar-refractivity contribution < 1.29 is 9.59 Å². The summed E-state index contributed by atoms with van der Waals surface area (Å²) in [7, 11) is 0. The fourth-order valence-corrected chi connectivity index (χ4v) is 0.715. The van der Waals surface area contributed by atoms with Crippen LogP contribution in [0.1, 0.15) is 39.5 Å². The lowest BCUT2D eigenvalue weighted by Crippen LogP contribution is -2.30. The molecule has 0 aliphatic heterocycles. The highest BCUT2D eigenvalue weighted by molar-refractivity contribution is 5.78. The van der Waals surface area contributed by atoms with Crippen molar-refractivity contribution in [3.05, 3.63) is 0 Å². The molecule has 0 bridgehead atoms. The summed E-state index contributed by atoms with van der Waals surface area (Å²) < 4.78 is 0. The summed E-state index contributed by atoms with van der Waals surface area (Å²) in [6.07, 6.45) is 1.95. The molecule has 0 saturated carbocycles. The van der Waals surface area contributed by atoms with E-state index in [2.05, 4.69) is 5.10 Å². The molecule has 0 radical (unpaired) electrons. The van der Waals surface area contributed by atoms with E-state index < -0.39 is 0 Å². The highest BCUT2D eigenvalue weighted by atomic mass is 16.2. The second-order valence-electron chi connectivity index (χ2n) is 3.42. The van der Waals surface area contributed by atoms with Crippen LogP contribution in [0, 0.1) is 0 Å². The van der Waals surface area contributed by atoms with Crippen molar-refractivity contribution in [3.63, 3.8) is 0 Å². The lowest BCUT2D eigenvalue weighted by molar-refractivity contribution is -0.123. The first-order valence-corrected chi connectivity index (χ1v) is 5.17. The monoisotopic (exact) mass is 246 g/mol. The van der Waals surface area contributed by atoms with Gasteiger partial charge in [-0.3, -0.25) is 20.4 Å². The molecule has 0 rings (SSSR count). The van der Waals surface area contributed by atoms with Gasteiger partial charge in [-0.2, -0.15) is 5.10 Å². The Morgan fingerprint density at radius 3 is 1.47 bits per heavy atom. The van der Waals surface area contributed by atoms with Gasteiger partial charge in [-0.25, -0.2) is 11.7 Å². The van der Waals surface area contributed by atoms with E-state index in [1.807, 2.05) is 24.7 Å². The Morgan fingerprint density at radius 2 is 1.29 bits per heavy atom. The largest absolute Gasteiger partial charge is 0.323 e. The molecule has 0 aliphatic carbocycles. The van der Waals surface area contributed by atoms with Gasteiger partial charge in [0.25, 0.3) is 0 Å². The van der Waals surface area contributed by atoms with Gasteiger partial charge in [-0.1, -0.05) is 0 Å². The minimum absolute atomic E-state index is 0.219. The van der Waals surface area contributed by atoms with E-state index in [1.54, 1.807) is 0 Å². The standard InChI is InChI=1S/C6H14N4O2.C3H8N2/c7-9-5(11)3-1-2-4-6(12)10-8;1-3(2)5-4/h1-4,7-8H2,(H,9,11)(H,10,12);4H2,1-2H3. The molecule has 0 atom stereocenters. The number of hydrogen-bond donors (Lipinski definition) is 5. The lowest BCUT2D eigenvalue weighted by atomic mass is 10.2. The van der Waals surface area contributed by atoms with Crippen molar-refractivity contribution in [1.82, 2.24) is 10.9 Å². The van der Waals surface area contributed by atoms with E-state index in [-0.39, 0.29) is 11.8 Å². The Labute approximate surface area is 101 Å². The van der Waals surface area contributed by atoms with E-state index in [9.17, 15) is 9.59 Å². The van der Waals surface area contributed by atoms with Gasteiger partial charge in [-0.05, 0) is 26.7 Å². The van der Waals surface area contributed by atoms with Crippen LogP contribution in [0.15, 0.2) is 5.10 Å². The number of carbonyl (C=O) groups excluding carboxylic acids is 2. The SMILES string of the molecule is CC(C)=NN.NNC(=O)CCCCC(=O)NN. The van der Waals surface area contributed by atoms with Crippen LogP contribution in [0.25, 0.3) is 0 Å². The van der Waals surface area contributed by atoms with Crippen LogP contribution in [0.3, 0.4) is 0 Å². The number of hydrazine groups is 2. The number of nitrogens with zero attached hydrogens (tertiary/aromatic N) is 1. The van der Waals surface area contributed by atoms with E-state index in [0.717, 1.165) is 5.71 Å². The fraction of sp³-hybridized carbons (Fsp3) is 0.667. The molecule has 0 aromatic rings. The number of nitrogens with two attached hydrogens (primary N) is 3. The number of rotatable bonds is 5. The van der Waals surface area contributed by atoms with Gasteiger partial charge in [-0.15, -0.1) is 0 Å².